The summed E-state index contributed by atoms with van der Waals surface area (Å²) in [6.07, 6.45) is 5.81. The lowest BCUT2D eigenvalue weighted by Crippen LogP contribution is -1.94. The van der Waals surface area contributed by atoms with Gasteiger partial charge >= 0.3 is 0 Å². The van der Waals surface area contributed by atoms with E-state index in [1.165, 1.54) is 0 Å². The van der Waals surface area contributed by atoms with Gasteiger partial charge in [-0.2, -0.15) is 0 Å². The van der Waals surface area contributed by atoms with Crippen molar-refractivity contribution >= 4 is 22.0 Å². The van der Waals surface area contributed by atoms with Crippen LogP contribution in [0.15, 0.2) is 43.0 Å². The van der Waals surface area contributed by atoms with E-state index in [0.717, 1.165) is 16.6 Å². The minimum absolute atomic E-state index is 0.541. The Bertz CT molecular complexity index is 318. The number of alkyl halides is 1. The van der Waals surface area contributed by atoms with Crippen molar-refractivity contribution in [2.75, 3.05) is 11.9 Å². The molecule has 0 unspecified atom stereocenters. The Kier molecular flexibility index (Phi) is 5.08. The van der Waals surface area contributed by atoms with Gasteiger partial charge in [0.05, 0.1) is 0 Å². The smallest absolute Gasteiger partial charge is 0.126 e. The molecule has 0 bridgehead atoms. The van der Waals surface area contributed by atoms with Gasteiger partial charge in [0.25, 0.3) is 0 Å². The SMILES string of the molecule is C=CCOc1ccccc1C=CCBr. The first-order chi connectivity index (χ1) is 6.88. The van der Waals surface area contributed by atoms with Crippen LogP contribution in [-0.2, 0) is 0 Å². The number of allylic oxidation sites excluding steroid dienone is 1. The molecule has 1 aromatic carbocycles. The first kappa shape index (κ1) is 11.1. The molecular formula is C12H13BrO. The lowest BCUT2D eigenvalue weighted by molar-refractivity contribution is 0.362. The van der Waals surface area contributed by atoms with E-state index in [1.54, 1.807) is 6.08 Å². The molecule has 74 valence electrons. The molecule has 1 rings (SSSR count). The third-order valence-corrected chi connectivity index (χ3v) is 2.04. The third-order valence-electron chi connectivity index (χ3n) is 1.66. The highest BCUT2D eigenvalue weighted by molar-refractivity contribution is 9.09. The average Bonchev–Trinajstić information content (AvgIpc) is 2.24. The van der Waals surface area contributed by atoms with Crippen LogP contribution in [-0.4, -0.2) is 11.9 Å². The van der Waals surface area contributed by atoms with E-state index in [9.17, 15) is 0 Å². The first-order valence-corrected chi connectivity index (χ1v) is 5.56. The largest absolute Gasteiger partial charge is 0.489 e. The van der Waals surface area contributed by atoms with E-state index in [0.29, 0.717) is 6.61 Å². The van der Waals surface area contributed by atoms with Crippen molar-refractivity contribution in [3.63, 3.8) is 0 Å². The maximum absolute atomic E-state index is 5.50. The van der Waals surface area contributed by atoms with Crippen LogP contribution in [0.5, 0.6) is 5.75 Å². The first-order valence-electron chi connectivity index (χ1n) is 4.43. The van der Waals surface area contributed by atoms with Gasteiger partial charge in [-0.25, -0.2) is 0 Å². The van der Waals surface area contributed by atoms with Crippen LogP contribution in [0.3, 0.4) is 0 Å². The van der Waals surface area contributed by atoms with Gasteiger partial charge in [-0.15, -0.1) is 0 Å². The van der Waals surface area contributed by atoms with Crippen LogP contribution in [0.25, 0.3) is 6.08 Å². The van der Waals surface area contributed by atoms with Gasteiger partial charge in [0.2, 0.25) is 0 Å². The molecule has 0 radical (unpaired) electrons. The summed E-state index contributed by atoms with van der Waals surface area (Å²) in [6, 6.07) is 7.94. The highest BCUT2D eigenvalue weighted by Crippen LogP contribution is 2.19. The van der Waals surface area contributed by atoms with E-state index in [-0.39, 0.29) is 0 Å². The molecule has 0 atom stereocenters. The highest BCUT2D eigenvalue weighted by Gasteiger charge is 1.97. The zero-order valence-corrected chi connectivity index (χ0v) is 9.53. The van der Waals surface area contributed by atoms with Crippen LogP contribution in [0.4, 0.5) is 0 Å². The van der Waals surface area contributed by atoms with Crippen molar-refractivity contribution in [1.29, 1.82) is 0 Å². The maximum Gasteiger partial charge on any atom is 0.126 e. The molecule has 0 aliphatic rings. The van der Waals surface area contributed by atoms with Crippen molar-refractivity contribution in [2.45, 2.75) is 0 Å². The van der Waals surface area contributed by atoms with Gasteiger partial charge in [0.15, 0.2) is 0 Å². The monoisotopic (exact) mass is 252 g/mol. The van der Waals surface area contributed by atoms with E-state index in [2.05, 4.69) is 22.5 Å². The van der Waals surface area contributed by atoms with Crippen molar-refractivity contribution in [3.05, 3.63) is 48.6 Å². The molecule has 0 amide bonds. The van der Waals surface area contributed by atoms with Crippen LogP contribution >= 0.6 is 15.9 Å². The Balaban J connectivity index is 2.79. The molecule has 0 aromatic heterocycles. The molecular weight excluding hydrogens is 240 g/mol. The summed E-state index contributed by atoms with van der Waals surface area (Å²) in [6.45, 7) is 4.16. The zero-order valence-electron chi connectivity index (χ0n) is 7.95. The lowest BCUT2D eigenvalue weighted by atomic mass is 10.2. The Morgan fingerprint density at radius 2 is 2.14 bits per heavy atom. The van der Waals surface area contributed by atoms with Crippen LogP contribution in [0, 0.1) is 0 Å². The topological polar surface area (TPSA) is 9.23 Å². The molecule has 0 saturated heterocycles. The minimum atomic E-state index is 0.541. The maximum atomic E-state index is 5.50. The quantitative estimate of drug-likeness (QED) is 0.574. The molecule has 14 heavy (non-hydrogen) atoms. The summed E-state index contributed by atoms with van der Waals surface area (Å²) in [5.41, 5.74) is 1.09. The van der Waals surface area contributed by atoms with Crippen molar-refractivity contribution in [3.8, 4) is 5.75 Å². The Morgan fingerprint density at radius 3 is 2.86 bits per heavy atom. The van der Waals surface area contributed by atoms with Crippen molar-refractivity contribution < 1.29 is 4.74 Å². The van der Waals surface area contributed by atoms with E-state index in [1.807, 2.05) is 36.4 Å². The molecule has 0 fully saturated rings. The Hall–Kier alpha value is -1.02. The van der Waals surface area contributed by atoms with Gasteiger partial charge in [-0.3, -0.25) is 0 Å². The van der Waals surface area contributed by atoms with E-state index >= 15 is 0 Å². The normalized spacial score (nSPS) is 10.4. The standard InChI is InChI=1S/C12H13BrO/c1-2-10-14-12-8-4-3-6-11(12)7-5-9-13/h2-8H,1,9-10H2. The molecule has 0 spiro atoms. The number of halogens is 1. The van der Waals surface area contributed by atoms with Gasteiger partial charge in [-0.1, -0.05) is 58.9 Å². The molecule has 0 saturated carbocycles. The Morgan fingerprint density at radius 1 is 1.36 bits per heavy atom. The summed E-state index contributed by atoms with van der Waals surface area (Å²) in [5, 5.41) is 0.850. The Labute approximate surface area is 93.2 Å². The summed E-state index contributed by atoms with van der Waals surface area (Å²) < 4.78 is 5.50. The highest BCUT2D eigenvalue weighted by atomic mass is 79.9. The second-order valence-electron chi connectivity index (χ2n) is 2.69. The zero-order chi connectivity index (χ0) is 10.2. The predicted octanol–water partition coefficient (Wildman–Crippen LogP) is 3.66. The molecule has 1 aromatic rings. The minimum Gasteiger partial charge on any atom is -0.489 e. The number of hydrogen-bond acceptors (Lipinski definition) is 1. The van der Waals surface area contributed by atoms with E-state index < -0.39 is 0 Å². The summed E-state index contributed by atoms with van der Waals surface area (Å²) in [5.74, 6) is 0.893. The number of hydrogen-bond donors (Lipinski definition) is 0. The fourth-order valence-electron chi connectivity index (χ4n) is 1.07. The van der Waals surface area contributed by atoms with Crippen LogP contribution in [0.2, 0.25) is 0 Å². The second kappa shape index (κ2) is 6.44. The predicted molar refractivity (Wildman–Crippen MR) is 65.0 cm³/mol. The fourth-order valence-corrected chi connectivity index (χ4v) is 1.26. The van der Waals surface area contributed by atoms with Gasteiger partial charge in [0.1, 0.15) is 12.4 Å². The van der Waals surface area contributed by atoms with Gasteiger partial charge < -0.3 is 4.74 Å². The summed E-state index contributed by atoms with van der Waals surface area (Å²) in [4.78, 5) is 0. The third kappa shape index (κ3) is 3.38. The summed E-state index contributed by atoms with van der Waals surface area (Å²) in [7, 11) is 0. The van der Waals surface area contributed by atoms with Crippen LogP contribution in [0.1, 0.15) is 5.56 Å². The molecule has 1 nitrogen and oxygen atoms in total. The lowest BCUT2D eigenvalue weighted by Gasteiger charge is -2.06. The molecule has 0 aliphatic heterocycles. The van der Waals surface area contributed by atoms with Crippen molar-refractivity contribution in [1.82, 2.24) is 0 Å². The second-order valence-corrected chi connectivity index (χ2v) is 3.34. The summed E-state index contributed by atoms with van der Waals surface area (Å²) >= 11 is 3.34. The number of rotatable bonds is 5. The average molecular weight is 253 g/mol. The van der Waals surface area contributed by atoms with Crippen molar-refractivity contribution in [2.24, 2.45) is 0 Å². The molecule has 0 aliphatic carbocycles. The molecule has 0 N–H and O–H groups in total. The number of ether oxygens (including phenoxy) is 1. The van der Waals surface area contributed by atoms with Gasteiger partial charge in [-0.05, 0) is 6.07 Å². The van der Waals surface area contributed by atoms with Gasteiger partial charge in [0, 0.05) is 10.9 Å². The molecule has 2 heteroatoms. The number of para-hydroxylation sites is 1. The van der Waals surface area contributed by atoms with Crippen LogP contribution < -0.4 is 4.74 Å². The van der Waals surface area contributed by atoms with E-state index in [4.69, 9.17) is 4.74 Å². The number of benzene rings is 1. The molecule has 0 heterocycles. The fraction of sp³-hybridized carbons (Fsp3) is 0.167.